The topological polar surface area (TPSA) is 0 Å². The van der Waals surface area contributed by atoms with Gasteiger partial charge in [0, 0.05) is 0 Å². The Bertz CT molecular complexity index is 89.0. The van der Waals surface area contributed by atoms with Crippen LogP contribution in [-0.2, 0) is 0 Å². The Balaban J connectivity index is 0. The third-order valence-electron chi connectivity index (χ3n) is 3.00. The van der Waals surface area contributed by atoms with Gasteiger partial charge in [-0.1, -0.05) is 81.1 Å². The molecule has 0 fully saturated rings. The molecule has 14 heavy (non-hydrogen) atoms. The van der Waals surface area contributed by atoms with Crippen LogP contribution in [0.25, 0.3) is 0 Å². The standard InChI is InChI=1S/C9H20.C5H12/c1-5-9(6-2,7-3)8-4;1-5(2,3)4/h5-8H2,1-4H3;1-4H3. The van der Waals surface area contributed by atoms with E-state index in [4.69, 9.17) is 0 Å². The number of hydrogen-bond acceptors (Lipinski definition) is 0. The van der Waals surface area contributed by atoms with Gasteiger partial charge in [0.15, 0.2) is 0 Å². The van der Waals surface area contributed by atoms with E-state index >= 15 is 0 Å². The van der Waals surface area contributed by atoms with E-state index in [0.29, 0.717) is 10.8 Å². The van der Waals surface area contributed by atoms with Crippen LogP contribution in [0.5, 0.6) is 0 Å². The molecule has 0 radical (unpaired) electrons. The zero-order valence-corrected chi connectivity index (χ0v) is 11.8. The molecule has 0 rings (SSSR count). The summed E-state index contributed by atoms with van der Waals surface area (Å²) in [5, 5.41) is 0. The van der Waals surface area contributed by atoms with Crippen molar-refractivity contribution in [2.24, 2.45) is 10.8 Å². The summed E-state index contributed by atoms with van der Waals surface area (Å²) in [4.78, 5) is 0. The number of rotatable bonds is 4. The lowest BCUT2D eigenvalue weighted by molar-refractivity contribution is 0.240. The second kappa shape index (κ2) is 7.31. The average molecular weight is 200 g/mol. The van der Waals surface area contributed by atoms with E-state index in [9.17, 15) is 0 Å². The minimum Gasteiger partial charge on any atom is -0.0649 e. The molecule has 0 unspecified atom stereocenters. The zero-order chi connectivity index (χ0) is 11.8. The summed E-state index contributed by atoms with van der Waals surface area (Å²) < 4.78 is 0. The summed E-state index contributed by atoms with van der Waals surface area (Å²) in [5.74, 6) is 0. The molecule has 0 aliphatic heterocycles. The van der Waals surface area contributed by atoms with Gasteiger partial charge in [-0.15, -0.1) is 0 Å². The highest BCUT2D eigenvalue weighted by Crippen LogP contribution is 2.33. The van der Waals surface area contributed by atoms with Crippen molar-refractivity contribution in [2.75, 3.05) is 0 Å². The second-order valence-corrected chi connectivity index (χ2v) is 5.91. The molecule has 0 saturated heterocycles. The minimum absolute atomic E-state index is 0.500. The summed E-state index contributed by atoms with van der Waals surface area (Å²) in [6.45, 7) is 18.0. The van der Waals surface area contributed by atoms with E-state index in [1.807, 2.05) is 0 Å². The molecule has 0 aliphatic carbocycles. The summed E-state index contributed by atoms with van der Waals surface area (Å²) in [7, 11) is 0. The van der Waals surface area contributed by atoms with Crippen LogP contribution >= 0.6 is 0 Å². The van der Waals surface area contributed by atoms with Crippen molar-refractivity contribution in [1.82, 2.24) is 0 Å². The Labute approximate surface area is 92.5 Å². The molecule has 0 N–H and O–H groups in total. The summed E-state index contributed by atoms with van der Waals surface area (Å²) in [5.41, 5.74) is 1.17. The van der Waals surface area contributed by atoms with Gasteiger partial charge in [0.1, 0.15) is 0 Å². The molecule has 0 aromatic rings. The van der Waals surface area contributed by atoms with E-state index in [0.717, 1.165) is 0 Å². The Morgan fingerprint density at radius 2 is 0.714 bits per heavy atom. The minimum atomic E-state index is 0.500. The van der Waals surface area contributed by atoms with Crippen LogP contribution in [-0.4, -0.2) is 0 Å². The maximum Gasteiger partial charge on any atom is -0.0308 e. The normalized spacial score (nSPS) is 12.0. The molecule has 0 saturated carbocycles. The van der Waals surface area contributed by atoms with Gasteiger partial charge in [0.25, 0.3) is 0 Å². The molecule has 0 nitrogen and oxygen atoms in total. The zero-order valence-electron chi connectivity index (χ0n) is 11.8. The Morgan fingerprint density at radius 1 is 0.571 bits per heavy atom. The van der Waals surface area contributed by atoms with Crippen LogP contribution in [0.15, 0.2) is 0 Å². The first-order valence-electron chi connectivity index (χ1n) is 6.24. The van der Waals surface area contributed by atoms with Gasteiger partial charge in [-0.2, -0.15) is 0 Å². The van der Waals surface area contributed by atoms with Gasteiger partial charge in [0.2, 0.25) is 0 Å². The monoisotopic (exact) mass is 200 g/mol. The molecule has 0 aromatic carbocycles. The molecule has 0 aliphatic rings. The highest BCUT2D eigenvalue weighted by molar-refractivity contribution is 4.72. The van der Waals surface area contributed by atoms with Crippen LogP contribution in [0, 0.1) is 10.8 Å². The smallest absolute Gasteiger partial charge is 0.0308 e. The van der Waals surface area contributed by atoms with E-state index in [2.05, 4.69) is 55.4 Å². The van der Waals surface area contributed by atoms with Gasteiger partial charge < -0.3 is 0 Å². The van der Waals surface area contributed by atoms with Crippen molar-refractivity contribution in [1.29, 1.82) is 0 Å². The fourth-order valence-corrected chi connectivity index (χ4v) is 1.50. The predicted octanol–water partition coefficient (Wildman–Crippen LogP) is 5.67. The van der Waals surface area contributed by atoms with Crippen molar-refractivity contribution in [2.45, 2.75) is 81.1 Å². The van der Waals surface area contributed by atoms with Crippen molar-refractivity contribution in [3.05, 3.63) is 0 Å². The van der Waals surface area contributed by atoms with E-state index in [1.54, 1.807) is 0 Å². The lowest BCUT2D eigenvalue weighted by Crippen LogP contribution is -2.15. The largest absolute Gasteiger partial charge is 0.0649 e. The van der Waals surface area contributed by atoms with Gasteiger partial charge in [-0.3, -0.25) is 0 Å². The number of hydrogen-bond donors (Lipinski definition) is 0. The second-order valence-electron chi connectivity index (χ2n) is 5.91. The molecule has 0 amide bonds. The van der Waals surface area contributed by atoms with Crippen LogP contribution in [0.1, 0.15) is 81.1 Å². The van der Waals surface area contributed by atoms with E-state index in [-0.39, 0.29) is 0 Å². The Morgan fingerprint density at radius 3 is 0.714 bits per heavy atom. The molecular weight excluding hydrogens is 168 g/mol. The fourth-order valence-electron chi connectivity index (χ4n) is 1.50. The maximum absolute atomic E-state index is 2.30. The molecule has 88 valence electrons. The first-order valence-corrected chi connectivity index (χ1v) is 6.24. The molecule has 0 bridgehead atoms. The Kier molecular flexibility index (Phi) is 8.58. The summed E-state index contributed by atoms with van der Waals surface area (Å²) in [6.07, 6.45) is 5.38. The van der Waals surface area contributed by atoms with Crippen molar-refractivity contribution < 1.29 is 0 Å². The van der Waals surface area contributed by atoms with Crippen LogP contribution in [0.4, 0.5) is 0 Å². The lowest BCUT2D eigenvalue weighted by atomic mass is 9.78. The summed E-state index contributed by atoms with van der Waals surface area (Å²) >= 11 is 0. The highest BCUT2D eigenvalue weighted by atomic mass is 14.3. The lowest BCUT2D eigenvalue weighted by Gasteiger charge is -2.28. The summed E-state index contributed by atoms with van der Waals surface area (Å²) in [6, 6.07) is 0. The molecular formula is C14H32. The third-order valence-corrected chi connectivity index (χ3v) is 3.00. The van der Waals surface area contributed by atoms with Crippen molar-refractivity contribution in [3.63, 3.8) is 0 Å². The van der Waals surface area contributed by atoms with Crippen LogP contribution < -0.4 is 0 Å². The quantitative estimate of drug-likeness (QED) is 0.549. The molecule has 0 aromatic heterocycles. The Hall–Kier alpha value is 0. The van der Waals surface area contributed by atoms with Gasteiger partial charge >= 0.3 is 0 Å². The molecule has 0 heterocycles. The van der Waals surface area contributed by atoms with Crippen molar-refractivity contribution >= 4 is 0 Å². The maximum atomic E-state index is 2.30. The van der Waals surface area contributed by atoms with Gasteiger partial charge in [0.05, 0.1) is 0 Å². The highest BCUT2D eigenvalue weighted by Gasteiger charge is 2.20. The van der Waals surface area contributed by atoms with E-state index in [1.165, 1.54) is 25.7 Å². The molecule has 0 spiro atoms. The SMILES string of the molecule is CC(C)(C)C.CCC(CC)(CC)CC. The first-order chi connectivity index (χ1) is 6.24. The predicted molar refractivity (Wildman–Crippen MR) is 68.7 cm³/mol. The average Bonchev–Trinajstić information content (AvgIpc) is 2.07. The van der Waals surface area contributed by atoms with E-state index < -0.39 is 0 Å². The van der Waals surface area contributed by atoms with Crippen LogP contribution in [0.2, 0.25) is 0 Å². The van der Waals surface area contributed by atoms with Crippen LogP contribution in [0.3, 0.4) is 0 Å². The van der Waals surface area contributed by atoms with Crippen molar-refractivity contribution in [3.8, 4) is 0 Å². The third kappa shape index (κ3) is 10.1. The van der Waals surface area contributed by atoms with Gasteiger partial charge in [-0.05, 0) is 10.8 Å². The molecule has 0 heteroatoms. The first kappa shape index (κ1) is 16.4. The molecule has 0 atom stereocenters. The fraction of sp³-hybridized carbons (Fsp3) is 1.00. The van der Waals surface area contributed by atoms with Gasteiger partial charge in [-0.25, -0.2) is 0 Å².